The third-order valence-corrected chi connectivity index (χ3v) is 4.05. The molecule has 0 atom stereocenters. The summed E-state index contributed by atoms with van der Waals surface area (Å²) in [6.45, 7) is 3.69. The molecule has 0 unspecified atom stereocenters. The van der Waals surface area contributed by atoms with Crippen LogP contribution < -0.4 is 20.5 Å². The van der Waals surface area contributed by atoms with Gasteiger partial charge in [-0.1, -0.05) is 17.7 Å². The van der Waals surface area contributed by atoms with Gasteiger partial charge in [0.1, 0.15) is 0 Å². The molecule has 8 nitrogen and oxygen atoms in total. The second kappa shape index (κ2) is 8.92. The van der Waals surface area contributed by atoms with Crippen molar-refractivity contribution in [3.8, 4) is 11.5 Å². The van der Waals surface area contributed by atoms with E-state index in [0.29, 0.717) is 17.4 Å². The average molecular weight is 393 g/mol. The molecule has 0 fully saturated rings. The summed E-state index contributed by atoms with van der Waals surface area (Å²) in [6.07, 6.45) is 3.36. The molecule has 150 valence electrons. The number of methoxy groups -OCH3 is 1. The fourth-order valence-electron chi connectivity index (χ4n) is 2.59. The number of rotatable bonds is 7. The quantitative estimate of drug-likeness (QED) is 0.601. The van der Waals surface area contributed by atoms with Gasteiger partial charge in [-0.15, -0.1) is 0 Å². The van der Waals surface area contributed by atoms with Crippen molar-refractivity contribution >= 4 is 23.8 Å². The van der Waals surface area contributed by atoms with Gasteiger partial charge in [-0.25, -0.2) is 9.66 Å². The van der Waals surface area contributed by atoms with E-state index < -0.39 is 0 Å². The summed E-state index contributed by atoms with van der Waals surface area (Å²) in [5.74, 6) is 1.01. The minimum atomic E-state index is -0.257. The van der Waals surface area contributed by atoms with E-state index in [4.69, 9.17) is 15.2 Å². The summed E-state index contributed by atoms with van der Waals surface area (Å²) in [7, 11) is 1.53. The lowest BCUT2D eigenvalue weighted by Crippen LogP contribution is -2.20. The number of hydrogen-bond acceptors (Lipinski definition) is 6. The standard InChI is InChI=1S/C21H23N5O3/c1-14-4-7-17(8-5-14)25-20(27)13-29-18-9-6-16(10-19(18)28-3)11-23-26-12-15(2)24-21(26)22/h4-12H,13H2,1-3H3,(H2,22,24)(H,25,27). The van der Waals surface area contributed by atoms with Crippen LogP contribution in [0.3, 0.4) is 0 Å². The number of nitrogens with one attached hydrogen (secondary N) is 1. The van der Waals surface area contributed by atoms with Gasteiger partial charge in [0.05, 0.1) is 25.2 Å². The molecule has 0 aliphatic heterocycles. The van der Waals surface area contributed by atoms with Gasteiger partial charge in [-0.2, -0.15) is 5.10 Å². The van der Waals surface area contributed by atoms with Gasteiger partial charge in [0, 0.05) is 5.69 Å². The van der Waals surface area contributed by atoms with Crippen LogP contribution in [0.15, 0.2) is 53.8 Å². The number of carbonyl (C=O) groups excluding carboxylic acids is 1. The molecular weight excluding hydrogens is 370 g/mol. The number of aromatic nitrogens is 2. The Morgan fingerprint density at radius 1 is 1.21 bits per heavy atom. The first kappa shape index (κ1) is 19.9. The monoisotopic (exact) mass is 393 g/mol. The molecule has 1 heterocycles. The van der Waals surface area contributed by atoms with E-state index in [-0.39, 0.29) is 12.5 Å². The molecule has 0 aliphatic carbocycles. The Kier molecular flexibility index (Phi) is 6.13. The van der Waals surface area contributed by atoms with E-state index >= 15 is 0 Å². The summed E-state index contributed by atoms with van der Waals surface area (Å²) >= 11 is 0. The van der Waals surface area contributed by atoms with Crippen LogP contribution >= 0.6 is 0 Å². The van der Waals surface area contributed by atoms with Crippen molar-refractivity contribution in [2.24, 2.45) is 5.10 Å². The van der Waals surface area contributed by atoms with Crippen LogP contribution in [0, 0.1) is 13.8 Å². The summed E-state index contributed by atoms with van der Waals surface area (Å²) in [5.41, 5.74) is 9.18. The average Bonchev–Trinajstić information content (AvgIpc) is 3.03. The predicted molar refractivity (Wildman–Crippen MR) is 113 cm³/mol. The molecule has 1 aromatic heterocycles. The number of amides is 1. The maximum Gasteiger partial charge on any atom is 0.262 e. The lowest BCUT2D eigenvalue weighted by molar-refractivity contribution is -0.118. The van der Waals surface area contributed by atoms with Crippen LogP contribution in [0.1, 0.15) is 16.8 Å². The zero-order chi connectivity index (χ0) is 20.8. The molecule has 0 spiro atoms. The van der Waals surface area contributed by atoms with Crippen LogP contribution in [0.2, 0.25) is 0 Å². The molecule has 1 amide bonds. The van der Waals surface area contributed by atoms with Gasteiger partial charge in [0.25, 0.3) is 5.91 Å². The number of carbonyl (C=O) groups is 1. The van der Waals surface area contributed by atoms with E-state index in [2.05, 4.69) is 15.4 Å². The molecule has 0 saturated carbocycles. The number of nitrogens with zero attached hydrogens (tertiary/aromatic N) is 3. The Balaban J connectivity index is 1.63. The minimum Gasteiger partial charge on any atom is -0.493 e. The Morgan fingerprint density at radius 3 is 2.62 bits per heavy atom. The van der Waals surface area contributed by atoms with Crippen molar-refractivity contribution in [2.45, 2.75) is 13.8 Å². The topological polar surface area (TPSA) is 104 Å². The fourth-order valence-corrected chi connectivity index (χ4v) is 2.59. The Labute approximate surface area is 169 Å². The van der Waals surface area contributed by atoms with Gasteiger partial charge in [-0.05, 0) is 49.7 Å². The van der Waals surface area contributed by atoms with Crippen LogP contribution in [0.5, 0.6) is 11.5 Å². The van der Waals surface area contributed by atoms with Gasteiger partial charge >= 0.3 is 0 Å². The van der Waals surface area contributed by atoms with Crippen LogP contribution in [0.25, 0.3) is 0 Å². The highest BCUT2D eigenvalue weighted by atomic mass is 16.5. The second-order valence-electron chi connectivity index (χ2n) is 6.44. The number of nitrogens with two attached hydrogens (primary N) is 1. The van der Waals surface area contributed by atoms with E-state index in [1.54, 1.807) is 30.6 Å². The number of imidazole rings is 1. The molecule has 2 aromatic carbocycles. The van der Waals surface area contributed by atoms with Crippen molar-refractivity contribution in [1.29, 1.82) is 0 Å². The fraction of sp³-hybridized carbons (Fsp3) is 0.190. The smallest absolute Gasteiger partial charge is 0.262 e. The molecule has 8 heteroatoms. The molecule has 3 rings (SSSR count). The lowest BCUT2D eigenvalue weighted by Gasteiger charge is -2.11. The molecular formula is C21H23N5O3. The number of hydrogen-bond donors (Lipinski definition) is 2. The number of ether oxygens (including phenoxy) is 2. The summed E-state index contributed by atoms with van der Waals surface area (Å²) in [5, 5.41) is 7.06. The molecule has 3 aromatic rings. The third-order valence-electron chi connectivity index (χ3n) is 4.05. The van der Waals surface area contributed by atoms with Crippen molar-refractivity contribution in [1.82, 2.24) is 9.66 Å². The van der Waals surface area contributed by atoms with E-state index in [9.17, 15) is 4.79 Å². The highest BCUT2D eigenvalue weighted by molar-refractivity contribution is 5.92. The second-order valence-corrected chi connectivity index (χ2v) is 6.44. The predicted octanol–water partition coefficient (Wildman–Crippen LogP) is 2.99. The number of aryl methyl sites for hydroxylation is 2. The van der Waals surface area contributed by atoms with Gasteiger partial charge in [-0.3, -0.25) is 4.79 Å². The van der Waals surface area contributed by atoms with Crippen molar-refractivity contribution in [2.75, 3.05) is 24.8 Å². The zero-order valence-corrected chi connectivity index (χ0v) is 16.5. The van der Waals surface area contributed by atoms with Gasteiger partial charge in [0.2, 0.25) is 5.95 Å². The lowest BCUT2D eigenvalue weighted by atomic mass is 10.2. The number of benzene rings is 2. The van der Waals surface area contributed by atoms with Gasteiger partial charge in [0.15, 0.2) is 18.1 Å². The molecule has 3 N–H and O–H groups in total. The summed E-state index contributed by atoms with van der Waals surface area (Å²) < 4.78 is 12.5. The number of anilines is 2. The zero-order valence-electron chi connectivity index (χ0n) is 16.5. The third kappa shape index (κ3) is 5.35. The first-order valence-corrected chi connectivity index (χ1v) is 8.98. The Bertz CT molecular complexity index is 1030. The molecule has 29 heavy (non-hydrogen) atoms. The molecule has 0 bridgehead atoms. The van der Waals surface area contributed by atoms with Crippen molar-refractivity contribution < 1.29 is 14.3 Å². The van der Waals surface area contributed by atoms with Gasteiger partial charge < -0.3 is 20.5 Å². The van der Waals surface area contributed by atoms with Crippen LogP contribution in [-0.4, -0.2) is 35.5 Å². The van der Waals surface area contributed by atoms with E-state index in [1.807, 2.05) is 38.1 Å². The Hall–Kier alpha value is -3.81. The highest BCUT2D eigenvalue weighted by Crippen LogP contribution is 2.27. The number of nitrogen functional groups attached to an aromatic ring is 1. The van der Waals surface area contributed by atoms with Crippen molar-refractivity contribution in [3.05, 3.63) is 65.5 Å². The Morgan fingerprint density at radius 2 is 1.97 bits per heavy atom. The highest BCUT2D eigenvalue weighted by Gasteiger charge is 2.09. The van der Waals surface area contributed by atoms with E-state index in [0.717, 1.165) is 22.5 Å². The molecule has 0 saturated heterocycles. The van der Waals surface area contributed by atoms with Crippen LogP contribution in [-0.2, 0) is 4.79 Å². The van der Waals surface area contributed by atoms with Crippen molar-refractivity contribution in [3.63, 3.8) is 0 Å². The minimum absolute atomic E-state index is 0.136. The first-order chi connectivity index (χ1) is 13.9. The first-order valence-electron chi connectivity index (χ1n) is 8.98. The van der Waals surface area contributed by atoms with Crippen LogP contribution in [0.4, 0.5) is 11.6 Å². The largest absolute Gasteiger partial charge is 0.493 e. The SMILES string of the molecule is COc1cc(C=Nn2cc(C)nc2N)ccc1OCC(=O)Nc1ccc(C)cc1. The molecule has 0 radical (unpaired) electrons. The summed E-state index contributed by atoms with van der Waals surface area (Å²) in [6, 6.07) is 12.8. The maximum atomic E-state index is 12.1. The van der Waals surface area contributed by atoms with E-state index in [1.165, 1.54) is 11.8 Å². The summed E-state index contributed by atoms with van der Waals surface area (Å²) in [4.78, 5) is 16.2. The normalized spacial score (nSPS) is 10.9. The molecule has 0 aliphatic rings. The maximum absolute atomic E-state index is 12.1.